The van der Waals surface area contributed by atoms with Crippen molar-refractivity contribution in [3.63, 3.8) is 0 Å². The van der Waals surface area contributed by atoms with E-state index < -0.39 is 0 Å². The van der Waals surface area contributed by atoms with Gasteiger partial charge in [-0.25, -0.2) is 0 Å². The Balaban J connectivity index is 1.93. The highest BCUT2D eigenvalue weighted by molar-refractivity contribution is 5.04. The minimum atomic E-state index is -0.208. The van der Waals surface area contributed by atoms with E-state index in [2.05, 4.69) is 6.58 Å². The molecule has 1 saturated heterocycles. The highest BCUT2D eigenvalue weighted by atomic mass is 16.7. The fourth-order valence-electron chi connectivity index (χ4n) is 1.35. The van der Waals surface area contributed by atoms with Crippen LogP contribution >= 0.6 is 0 Å². The van der Waals surface area contributed by atoms with Crippen molar-refractivity contribution in [2.75, 3.05) is 13.2 Å². The molecule has 2 aliphatic rings. The second kappa shape index (κ2) is 3.39. The lowest BCUT2D eigenvalue weighted by atomic mass is 10.2. The Kier molecular flexibility index (Phi) is 2.26. The van der Waals surface area contributed by atoms with Gasteiger partial charge in [-0.1, -0.05) is 18.2 Å². The summed E-state index contributed by atoms with van der Waals surface area (Å²) in [4.78, 5) is 0. The van der Waals surface area contributed by atoms with Crippen LogP contribution in [0.4, 0.5) is 0 Å². The largest absolute Gasteiger partial charge is 0.365 e. The van der Waals surface area contributed by atoms with Crippen molar-refractivity contribution in [1.29, 1.82) is 0 Å². The topological polar surface area (TPSA) is 27.7 Å². The predicted molar refractivity (Wildman–Crippen MR) is 43.7 cm³/mol. The van der Waals surface area contributed by atoms with Crippen LogP contribution in [-0.2, 0) is 14.2 Å². The second-order valence-electron chi connectivity index (χ2n) is 2.85. The molecule has 3 nitrogen and oxygen atoms in total. The summed E-state index contributed by atoms with van der Waals surface area (Å²) in [5, 5.41) is 0. The van der Waals surface area contributed by atoms with Crippen LogP contribution in [0.3, 0.4) is 0 Å². The molecule has 0 aliphatic carbocycles. The standard InChI is InChI=1S/C9H12O3/c1-2-5-10-8-4-3-7-6-11-9(8)12-7/h2-4,7-9H,1,5-6H2. The summed E-state index contributed by atoms with van der Waals surface area (Å²) in [6, 6.07) is 0. The van der Waals surface area contributed by atoms with Crippen LogP contribution in [0.2, 0.25) is 0 Å². The molecule has 3 unspecified atom stereocenters. The van der Waals surface area contributed by atoms with Crippen LogP contribution in [-0.4, -0.2) is 31.7 Å². The van der Waals surface area contributed by atoms with Gasteiger partial charge in [0.2, 0.25) is 0 Å². The number of fused-ring (bicyclic) bond motifs is 2. The van der Waals surface area contributed by atoms with Crippen molar-refractivity contribution in [2.24, 2.45) is 0 Å². The van der Waals surface area contributed by atoms with Crippen LogP contribution in [0.15, 0.2) is 24.8 Å². The molecule has 66 valence electrons. The normalized spacial score (nSPS) is 38.5. The summed E-state index contributed by atoms with van der Waals surface area (Å²) < 4.78 is 16.2. The number of hydrogen-bond acceptors (Lipinski definition) is 3. The van der Waals surface area contributed by atoms with Gasteiger partial charge in [-0.3, -0.25) is 0 Å². The Labute approximate surface area is 71.6 Å². The van der Waals surface area contributed by atoms with E-state index in [4.69, 9.17) is 14.2 Å². The van der Waals surface area contributed by atoms with Gasteiger partial charge in [0.05, 0.1) is 13.2 Å². The third-order valence-corrected chi connectivity index (χ3v) is 1.92. The first-order valence-electron chi connectivity index (χ1n) is 4.08. The van der Waals surface area contributed by atoms with E-state index in [1.807, 2.05) is 12.2 Å². The third-order valence-electron chi connectivity index (χ3n) is 1.92. The zero-order chi connectivity index (χ0) is 8.39. The van der Waals surface area contributed by atoms with Crippen LogP contribution in [0.25, 0.3) is 0 Å². The Morgan fingerprint density at radius 2 is 2.50 bits per heavy atom. The number of rotatable bonds is 3. The smallest absolute Gasteiger partial charge is 0.188 e. The van der Waals surface area contributed by atoms with Gasteiger partial charge in [0.25, 0.3) is 0 Å². The maximum Gasteiger partial charge on any atom is 0.188 e. The van der Waals surface area contributed by atoms with Gasteiger partial charge < -0.3 is 14.2 Å². The van der Waals surface area contributed by atoms with Crippen molar-refractivity contribution in [3.05, 3.63) is 24.8 Å². The first-order valence-corrected chi connectivity index (χ1v) is 4.08. The van der Waals surface area contributed by atoms with Gasteiger partial charge in [-0.2, -0.15) is 0 Å². The maximum atomic E-state index is 5.44. The summed E-state index contributed by atoms with van der Waals surface area (Å²) in [6.07, 6.45) is 5.56. The predicted octanol–water partition coefficient (Wildman–Crippen LogP) is 0.869. The molecule has 0 N–H and O–H groups in total. The molecule has 1 fully saturated rings. The van der Waals surface area contributed by atoms with Gasteiger partial charge in [0, 0.05) is 0 Å². The van der Waals surface area contributed by atoms with Crippen molar-refractivity contribution in [1.82, 2.24) is 0 Å². The van der Waals surface area contributed by atoms with Gasteiger partial charge in [0.15, 0.2) is 6.29 Å². The Hall–Kier alpha value is -0.640. The Morgan fingerprint density at radius 3 is 3.33 bits per heavy atom. The van der Waals surface area contributed by atoms with Gasteiger partial charge in [-0.05, 0) is 0 Å². The summed E-state index contributed by atoms with van der Waals surface area (Å²) in [5.41, 5.74) is 0. The van der Waals surface area contributed by atoms with Gasteiger partial charge in [-0.15, -0.1) is 6.58 Å². The fourth-order valence-corrected chi connectivity index (χ4v) is 1.35. The highest BCUT2D eigenvalue weighted by Gasteiger charge is 2.34. The molecule has 2 aliphatic heterocycles. The fraction of sp³-hybridized carbons (Fsp3) is 0.556. The molecule has 2 bridgehead atoms. The molecule has 0 aromatic rings. The molecular weight excluding hydrogens is 156 g/mol. The summed E-state index contributed by atoms with van der Waals surface area (Å²) in [5.74, 6) is 0. The van der Waals surface area contributed by atoms with Crippen LogP contribution in [0, 0.1) is 0 Å². The minimum Gasteiger partial charge on any atom is -0.365 e. The molecule has 0 radical (unpaired) electrons. The summed E-state index contributed by atoms with van der Waals surface area (Å²) in [6.45, 7) is 4.75. The van der Waals surface area contributed by atoms with E-state index in [0.29, 0.717) is 13.2 Å². The van der Waals surface area contributed by atoms with Crippen LogP contribution in [0.1, 0.15) is 0 Å². The van der Waals surface area contributed by atoms with Gasteiger partial charge >= 0.3 is 0 Å². The monoisotopic (exact) mass is 168 g/mol. The highest BCUT2D eigenvalue weighted by Crippen LogP contribution is 2.23. The van der Waals surface area contributed by atoms with Crippen molar-refractivity contribution in [3.8, 4) is 0 Å². The van der Waals surface area contributed by atoms with E-state index in [-0.39, 0.29) is 18.5 Å². The molecule has 0 aromatic carbocycles. The summed E-state index contributed by atoms with van der Waals surface area (Å²) >= 11 is 0. The van der Waals surface area contributed by atoms with E-state index >= 15 is 0 Å². The molecule has 0 amide bonds. The van der Waals surface area contributed by atoms with E-state index in [1.165, 1.54) is 0 Å². The molecule has 2 heterocycles. The van der Waals surface area contributed by atoms with Crippen LogP contribution < -0.4 is 0 Å². The van der Waals surface area contributed by atoms with E-state index in [9.17, 15) is 0 Å². The molecular formula is C9H12O3. The Bertz CT molecular complexity index is 200. The maximum absolute atomic E-state index is 5.44. The third kappa shape index (κ3) is 1.43. The zero-order valence-corrected chi connectivity index (χ0v) is 6.81. The van der Waals surface area contributed by atoms with Crippen molar-refractivity contribution in [2.45, 2.75) is 18.5 Å². The lowest BCUT2D eigenvalue weighted by Crippen LogP contribution is -2.31. The first kappa shape index (κ1) is 7.98. The zero-order valence-electron chi connectivity index (χ0n) is 6.81. The molecule has 2 rings (SSSR count). The average Bonchev–Trinajstić information content (AvgIpc) is 2.48. The number of hydrogen-bond donors (Lipinski definition) is 0. The molecule has 3 heteroatoms. The molecule has 0 aromatic heterocycles. The SMILES string of the molecule is C=CCOC1C=CC2COC1O2. The minimum absolute atomic E-state index is 0.0678. The lowest BCUT2D eigenvalue weighted by molar-refractivity contribution is -0.132. The second-order valence-corrected chi connectivity index (χ2v) is 2.85. The number of ether oxygens (including phenoxy) is 3. The van der Waals surface area contributed by atoms with Crippen molar-refractivity contribution < 1.29 is 14.2 Å². The molecule has 12 heavy (non-hydrogen) atoms. The van der Waals surface area contributed by atoms with Crippen molar-refractivity contribution >= 4 is 0 Å². The average molecular weight is 168 g/mol. The van der Waals surface area contributed by atoms with Crippen LogP contribution in [0.5, 0.6) is 0 Å². The molecule has 0 saturated carbocycles. The molecule has 0 spiro atoms. The summed E-state index contributed by atoms with van der Waals surface area (Å²) in [7, 11) is 0. The van der Waals surface area contributed by atoms with Gasteiger partial charge in [0.1, 0.15) is 12.2 Å². The quantitative estimate of drug-likeness (QED) is 0.585. The van der Waals surface area contributed by atoms with E-state index in [1.54, 1.807) is 6.08 Å². The first-order chi connectivity index (χ1) is 5.90. The molecule has 3 atom stereocenters. The van der Waals surface area contributed by atoms with E-state index in [0.717, 1.165) is 0 Å². The lowest BCUT2D eigenvalue weighted by Gasteiger charge is -2.22. The Morgan fingerprint density at radius 1 is 1.58 bits per heavy atom.